The Hall–Kier alpha value is -1.92. The zero-order chi connectivity index (χ0) is 15.8. The molecule has 0 N–H and O–H groups in total. The smallest absolute Gasteiger partial charge is 0.362 e. The molecule has 114 valence electrons. The molecule has 1 aliphatic rings. The Balaban J connectivity index is 2.47. The molecule has 0 unspecified atom stereocenters. The van der Waals surface area contributed by atoms with Crippen molar-refractivity contribution in [1.29, 1.82) is 0 Å². The fraction of sp³-hybridized carbons (Fsp3) is 0.286. The zero-order valence-corrected chi connectivity index (χ0v) is 10.9. The third-order valence-electron chi connectivity index (χ3n) is 3.13. The highest BCUT2D eigenvalue weighted by Crippen LogP contribution is 2.31. The molecule has 21 heavy (non-hydrogen) atoms. The first-order chi connectivity index (χ1) is 9.69. The molecule has 0 radical (unpaired) electrons. The van der Waals surface area contributed by atoms with Crippen molar-refractivity contribution >= 4 is 5.57 Å². The molecule has 0 amide bonds. The molecule has 0 atom stereocenters. The molecule has 0 aromatic heterocycles. The predicted molar refractivity (Wildman–Crippen MR) is 65.7 cm³/mol. The van der Waals surface area contributed by atoms with Crippen LogP contribution in [-0.4, -0.2) is 24.2 Å². The monoisotopic (exact) mass is 307 g/mol. The number of halogens is 6. The number of benzene rings is 1. The van der Waals surface area contributed by atoms with E-state index in [0.717, 1.165) is 11.0 Å². The van der Waals surface area contributed by atoms with Crippen molar-refractivity contribution in [2.75, 3.05) is 13.1 Å². The van der Waals surface area contributed by atoms with Crippen LogP contribution in [-0.2, 0) is 0 Å². The van der Waals surface area contributed by atoms with Crippen LogP contribution < -0.4 is 0 Å². The van der Waals surface area contributed by atoms with Crippen LogP contribution in [0.15, 0.2) is 30.0 Å². The summed E-state index contributed by atoms with van der Waals surface area (Å²) >= 11 is 0. The van der Waals surface area contributed by atoms with Gasteiger partial charge in [-0.05, 0) is 13.0 Å². The molecule has 0 spiro atoms. The number of hydrogen-bond donors (Lipinski definition) is 0. The van der Waals surface area contributed by atoms with Gasteiger partial charge in [0.1, 0.15) is 12.4 Å². The highest BCUT2D eigenvalue weighted by Gasteiger charge is 2.32. The van der Waals surface area contributed by atoms with Crippen LogP contribution in [0.1, 0.15) is 12.5 Å². The largest absolute Gasteiger partial charge is 0.405 e. The SMILES string of the molecule is CC1=C(c2cc(F)cc(F)c2F)C=CCN1CC(F)(F)F. The summed E-state index contributed by atoms with van der Waals surface area (Å²) in [5, 5.41) is 0. The van der Waals surface area contributed by atoms with E-state index in [1.807, 2.05) is 0 Å². The molecule has 1 heterocycles. The first-order valence-corrected chi connectivity index (χ1v) is 6.03. The van der Waals surface area contributed by atoms with Crippen molar-refractivity contribution in [3.05, 3.63) is 53.0 Å². The number of hydrogen-bond acceptors (Lipinski definition) is 1. The van der Waals surface area contributed by atoms with Gasteiger partial charge in [-0.1, -0.05) is 12.2 Å². The molecule has 0 saturated carbocycles. The molecule has 0 saturated heterocycles. The van der Waals surface area contributed by atoms with E-state index in [-0.39, 0.29) is 17.8 Å². The van der Waals surface area contributed by atoms with E-state index >= 15 is 0 Å². The molecule has 7 heteroatoms. The number of nitrogens with zero attached hydrogens (tertiary/aromatic N) is 1. The molecule has 1 aromatic rings. The Morgan fingerprint density at radius 2 is 1.81 bits per heavy atom. The van der Waals surface area contributed by atoms with Crippen LogP contribution in [0.4, 0.5) is 26.3 Å². The highest BCUT2D eigenvalue weighted by molar-refractivity contribution is 5.77. The van der Waals surface area contributed by atoms with Gasteiger partial charge in [-0.2, -0.15) is 13.2 Å². The minimum atomic E-state index is -4.43. The van der Waals surface area contributed by atoms with Gasteiger partial charge in [-0.25, -0.2) is 13.2 Å². The van der Waals surface area contributed by atoms with E-state index in [0.29, 0.717) is 6.07 Å². The Morgan fingerprint density at radius 3 is 2.43 bits per heavy atom. The summed E-state index contributed by atoms with van der Waals surface area (Å²) in [4.78, 5) is 0.970. The lowest BCUT2D eigenvalue weighted by Gasteiger charge is -2.30. The Bertz CT molecular complexity index is 615. The Labute approximate surface area is 117 Å². The lowest BCUT2D eigenvalue weighted by atomic mass is 9.99. The topological polar surface area (TPSA) is 3.24 Å². The summed E-state index contributed by atoms with van der Waals surface area (Å²) in [6.45, 7) is 0.132. The molecular formula is C14H11F6N. The van der Waals surface area contributed by atoms with Crippen molar-refractivity contribution in [3.63, 3.8) is 0 Å². The van der Waals surface area contributed by atoms with Crippen molar-refractivity contribution in [1.82, 2.24) is 4.90 Å². The van der Waals surface area contributed by atoms with Gasteiger partial charge < -0.3 is 4.90 Å². The second kappa shape index (κ2) is 5.46. The molecule has 0 aliphatic carbocycles. The maximum Gasteiger partial charge on any atom is 0.405 e. The van der Waals surface area contributed by atoms with E-state index in [9.17, 15) is 26.3 Å². The van der Waals surface area contributed by atoms with E-state index in [1.54, 1.807) is 0 Å². The highest BCUT2D eigenvalue weighted by atomic mass is 19.4. The second-order valence-electron chi connectivity index (χ2n) is 4.65. The van der Waals surface area contributed by atoms with Crippen molar-refractivity contribution < 1.29 is 26.3 Å². The fourth-order valence-electron chi connectivity index (χ4n) is 2.16. The maximum absolute atomic E-state index is 13.8. The van der Waals surface area contributed by atoms with Gasteiger partial charge in [0.25, 0.3) is 0 Å². The first-order valence-electron chi connectivity index (χ1n) is 6.03. The zero-order valence-electron chi connectivity index (χ0n) is 10.9. The second-order valence-corrected chi connectivity index (χ2v) is 4.65. The van der Waals surface area contributed by atoms with Gasteiger partial charge in [0, 0.05) is 29.4 Å². The van der Waals surface area contributed by atoms with Crippen molar-refractivity contribution in [2.45, 2.75) is 13.1 Å². The standard InChI is InChI=1S/C14H11F6N/c1-8-10(3-2-4-21(8)7-14(18,19)20)11-5-9(15)6-12(16)13(11)17/h2-3,5-6H,4,7H2,1H3. The minimum absolute atomic E-state index is 0.00569. The van der Waals surface area contributed by atoms with Crippen LogP contribution in [0, 0.1) is 17.5 Å². The summed E-state index contributed by atoms with van der Waals surface area (Å²) in [5.41, 5.74) is -0.256. The third kappa shape index (κ3) is 3.40. The van der Waals surface area contributed by atoms with E-state index in [2.05, 4.69) is 0 Å². The maximum atomic E-state index is 13.8. The molecule has 1 aliphatic heterocycles. The summed E-state index contributed by atoms with van der Waals surface area (Å²) in [6, 6.07) is 1.15. The predicted octanol–water partition coefficient (Wildman–Crippen LogP) is 4.27. The summed E-state index contributed by atoms with van der Waals surface area (Å²) in [7, 11) is 0. The van der Waals surface area contributed by atoms with Crippen LogP contribution >= 0.6 is 0 Å². The van der Waals surface area contributed by atoms with Gasteiger partial charge in [0.2, 0.25) is 0 Å². The van der Waals surface area contributed by atoms with E-state index in [4.69, 9.17) is 0 Å². The molecule has 2 rings (SSSR count). The fourth-order valence-corrected chi connectivity index (χ4v) is 2.16. The molecule has 1 nitrogen and oxygen atoms in total. The molecule has 0 fully saturated rings. The first kappa shape index (κ1) is 15.5. The van der Waals surface area contributed by atoms with Crippen molar-refractivity contribution in [2.24, 2.45) is 0 Å². The summed E-state index contributed by atoms with van der Waals surface area (Å²) < 4.78 is 77.6. The number of allylic oxidation sites excluding steroid dienone is 3. The summed E-state index contributed by atoms with van der Waals surface area (Å²) in [5.74, 6) is -3.67. The third-order valence-corrected chi connectivity index (χ3v) is 3.13. The van der Waals surface area contributed by atoms with Gasteiger partial charge in [-0.3, -0.25) is 0 Å². The van der Waals surface area contributed by atoms with Gasteiger partial charge in [0.05, 0.1) is 0 Å². The molecule has 1 aromatic carbocycles. The van der Waals surface area contributed by atoms with Gasteiger partial charge in [-0.15, -0.1) is 0 Å². The van der Waals surface area contributed by atoms with Crippen LogP contribution in [0.3, 0.4) is 0 Å². The van der Waals surface area contributed by atoms with Crippen LogP contribution in [0.2, 0.25) is 0 Å². The van der Waals surface area contributed by atoms with E-state index < -0.39 is 35.7 Å². The van der Waals surface area contributed by atoms with E-state index in [1.165, 1.54) is 19.1 Å². The average molecular weight is 307 g/mol. The normalized spacial score (nSPS) is 15.9. The van der Waals surface area contributed by atoms with Crippen LogP contribution in [0.25, 0.3) is 5.57 Å². The Morgan fingerprint density at radius 1 is 1.14 bits per heavy atom. The lowest BCUT2D eigenvalue weighted by Crippen LogP contribution is -2.34. The number of rotatable bonds is 2. The van der Waals surface area contributed by atoms with Gasteiger partial charge in [0.15, 0.2) is 11.6 Å². The average Bonchev–Trinajstić information content (AvgIpc) is 2.35. The minimum Gasteiger partial charge on any atom is -0.362 e. The quantitative estimate of drug-likeness (QED) is 0.582. The molecule has 0 bridgehead atoms. The molecular weight excluding hydrogens is 296 g/mol. The van der Waals surface area contributed by atoms with Gasteiger partial charge >= 0.3 is 6.18 Å². The van der Waals surface area contributed by atoms with Crippen LogP contribution in [0.5, 0.6) is 0 Å². The lowest BCUT2D eigenvalue weighted by molar-refractivity contribution is -0.140. The Kier molecular flexibility index (Phi) is 4.02. The van der Waals surface area contributed by atoms with Crippen molar-refractivity contribution in [3.8, 4) is 0 Å². The summed E-state index contributed by atoms with van der Waals surface area (Å²) in [6.07, 6.45) is -1.68. The number of alkyl halides is 3.